The predicted octanol–water partition coefficient (Wildman–Crippen LogP) is 4.78. The van der Waals surface area contributed by atoms with Crippen LogP contribution in [-0.2, 0) is 6.61 Å². The van der Waals surface area contributed by atoms with Crippen molar-refractivity contribution in [1.29, 1.82) is 0 Å². The number of urea groups is 1. The highest BCUT2D eigenvalue weighted by Gasteiger charge is 2.11. The molecule has 0 spiro atoms. The Hall–Kier alpha value is -4.04. The number of hydrogen-bond acceptors (Lipinski definition) is 5. The number of anilines is 1. The molecule has 3 rings (SSSR count). The average Bonchev–Trinajstić information content (AvgIpc) is 2.79. The first-order chi connectivity index (χ1) is 15.5. The summed E-state index contributed by atoms with van der Waals surface area (Å²) < 4.78 is 11.3. The summed E-state index contributed by atoms with van der Waals surface area (Å²) in [5, 5.41) is 16.0. The molecular weight excluding hydrogens is 434 g/mol. The number of carboxylic acids is 1. The Balaban J connectivity index is 1.68. The Morgan fingerprint density at radius 3 is 2.50 bits per heavy atom. The summed E-state index contributed by atoms with van der Waals surface area (Å²) in [6.07, 6.45) is 1.43. The maximum absolute atomic E-state index is 12.1. The van der Waals surface area contributed by atoms with E-state index in [0.29, 0.717) is 27.8 Å². The minimum atomic E-state index is -0.994. The maximum Gasteiger partial charge on any atom is 0.339 e. The van der Waals surface area contributed by atoms with E-state index in [9.17, 15) is 9.59 Å². The number of hydrazone groups is 1. The first-order valence-electron chi connectivity index (χ1n) is 9.44. The Morgan fingerprint density at radius 1 is 1.06 bits per heavy atom. The number of halogens is 1. The average molecular weight is 454 g/mol. The molecule has 0 fully saturated rings. The zero-order chi connectivity index (χ0) is 22.9. The highest BCUT2D eigenvalue weighted by Crippen LogP contribution is 2.31. The van der Waals surface area contributed by atoms with Crippen molar-refractivity contribution in [2.45, 2.75) is 6.61 Å². The summed E-state index contributed by atoms with van der Waals surface area (Å²) in [5.41, 5.74) is 4.38. The van der Waals surface area contributed by atoms with Crippen LogP contribution in [0.4, 0.5) is 10.5 Å². The van der Waals surface area contributed by atoms with Crippen molar-refractivity contribution in [2.75, 3.05) is 12.4 Å². The van der Waals surface area contributed by atoms with Gasteiger partial charge in [0, 0.05) is 5.56 Å². The SMILES string of the molecule is COc1cccc(/C=N/NC(=O)Nc2ccccc2Cl)c1OCc1ccc(C(=O)O)cc1. The molecule has 2 amide bonds. The van der Waals surface area contributed by atoms with Gasteiger partial charge in [0.25, 0.3) is 0 Å². The summed E-state index contributed by atoms with van der Waals surface area (Å²) in [7, 11) is 1.51. The Morgan fingerprint density at radius 2 is 1.81 bits per heavy atom. The molecule has 0 bridgehead atoms. The van der Waals surface area contributed by atoms with Crippen LogP contribution in [0, 0.1) is 0 Å². The number of methoxy groups -OCH3 is 1. The molecule has 0 aliphatic heterocycles. The van der Waals surface area contributed by atoms with E-state index in [0.717, 1.165) is 5.56 Å². The Bertz CT molecular complexity index is 1130. The normalized spacial score (nSPS) is 10.6. The van der Waals surface area contributed by atoms with Crippen molar-refractivity contribution < 1.29 is 24.2 Å². The number of aromatic carboxylic acids is 1. The lowest BCUT2D eigenvalue weighted by Gasteiger charge is -2.13. The van der Waals surface area contributed by atoms with Crippen LogP contribution in [-0.4, -0.2) is 30.4 Å². The van der Waals surface area contributed by atoms with E-state index < -0.39 is 12.0 Å². The highest BCUT2D eigenvalue weighted by molar-refractivity contribution is 6.33. The number of para-hydroxylation sites is 2. The number of rotatable bonds is 8. The molecule has 0 heterocycles. The van der Waals surface area contributed by atoms with Gasteiger partial charge in [0.1, 0.15) is 6.61 Å². The molecule has 3 aromatic carbocycles. The second kappa shape index (κ2) is 10.8. The van der Waals surface area contributed by atoms with Crippen LogP contribution in [0.5, 0.6) is 11.5 Å². The predicted molar refractivity (Wildman–Crippen MR) is 122 cm³/mol. The molecular formula is C23H20ClN3O5. The fraction of sp³-hybridized carbons (Fsp3) is 0.0870. The van der Waals surface area contributed by atoms with Crippen LogP contribution in [0.15, 0.2) is 71.8 Å². The van der Waals surface area contributed by atoms with Crippen LogP contribution in [0.1, 0.15) is 21.5 Å². The standard InChI is InChI=1S/C23H20ClN3O5/c1-31-20-8-4-5-17(13-25-27-23(30)26-19-7-3-2-6-18(19)24)21(20)32-14-15-9-11-16(12-10-15)22(28)29/h2-13H,14H2,1H3,(H,28,29)(H2,26,27,30)/b25-13+. The molecule has 0 atom stereocenters. The van der Waals surface area contributed by atoms with E-state index in [-0.39, 0.29) is 12.2 Å². The third-order valence-corrected chi connectivity index (χ3v) is 4.63. The molecule has 3 N–H and O–H groups in total. The van der Waals surface area contributed by atoms with Crippen LogP contribution in [0.25, 0.3) is 0 Å². The van der Waals surface area contributed by atoms with E-state index >= 15 is 0 Å². The topological polar surface area (TPSA) is 109 Å². The molecule has 8 nitrogen and oxygen atoms in total. The van der Waals surface area contributed by atoms with Gasteiger partial charge in [-0.05, 0) is 42.0 Å². The number of carbonyl (C=O) groups excluding carboxylic acids is 1. The summed E-state index contributed by atoms with van der Waals surface area (Å²) in [5.74, 6) is -0.0854. The quantitative estimate of drug-likeness (QED) is 0.336. The Labute approximate surface area is 189 Å². The van der Waals surface area contributed by atoms with Gasteiger partial charge in [-0.15, -0.1) is 0 Å². The Kier molecular flexibility index (Phi) is 7.66. The molecule has 0 saturated carbocycles. The van der Waals surface area contributed by atoms with Crippen molar-refractivity contribution in [3.05, 3.63) is 88.4 Å². The maximum atomic E-state index is 12.1. The van der Waals surface area contributed by atoms with Crippen molar-refractivity contribution in [3.8, 4) is 11.5 Å². The number of carboxylic acid groups (broad SMARTS) is 1. The highest BCUT2D eigenvalue weighted by atomic mass is 35.5. The van der Waals surface area contributed by atoms with Crippen molar-refractivity contribution in [2.24, 2.45) is 5.10 Å². The molecule has 3 aromatic rings. The minimum absolute atomic E-state index is 0.182. The second-order valence-corrected chi connectivity index (χ2v) is 6.88. The van der Waals surface area contributed by atoms with E-state index in [1.165, 1.54) is 25.5 Å². The number of nitrogens with one attached hydrogen (secondary N) is 2. The fourth-order valence-corrected chi connectivity index (χ4v) is 2.90. The van der Waals surface area contributed by atoms with Gasteiger partial charge in [0.2, 0.25) is 0 Å². The smallest absolute Gasteiger partial charge is 0.339 e. The molecule has 9 heteroatoms. The van der Waals surface area contributed by atoms with Gasteiger partial charge in [0.05, 0.1) is 29.6 Å². The number of hydrogen-bond donors (Lipinski definition) is 3. The van der Waals surface area contributed by atoms with E-state index in [4.69, 9.17) is 26.2 Å². The fourth-order valence-electron chi connectivity index (χ4n) is 2.72. The summed E-state index contributed by atoms with van der Waals surface area (Å²) in [6.45, 7) is 0.182. The second-order valence-electron chi connectivity index (χ2n) is 6.47. The number of benzene rings is 3. The van der Waals surface area contributed by atoms with Crippen molar-refractivity contribution in [1.82, 2.24) is 5.43 Å². The molecule has 32 heavy (non-hydrogen) atoms. The number of carbonyl (C=O) groups is 2. The molecule has 0 saturated heterocycles. The van der Waals surface area contributed by atoms with Gasteiger partial charge in [0.15, 0.2) is 11.5 Å². The summed E-state index contributed by atoms with van der Waals surface area (Å²) >= 11 is 6.02. The third kappa shape index (κ3) is 5.99. The molecule has 0 aliphatic carbocycles. The van der Waals surface area contributed by atoms with Gasteiger partial charge in [-0.3, -0.25) is 0 Å². The minimum Gasteiger partial charge on any atom is -0.493 e. The monoisotopic (exact) mass is 453 g/mol. The molecule has 0 aromatic heterocycles. The van der Waals surface area contributed by atoms with Crippen LogP contribution in [0.3, 0.4) is 0 Å². The van der Waals surface area contributed by atoms with Crippen molar-refractivity contribution in [3.63, 3.8) is 0 Å². The first-order valence-corrected chi connectivity index (χ1v) is 9.82. The van der Waals surface area contributed by atoms with E-state index in [2.05, 4.69) is 15.8 Å². The van der Waals surface area contributed by atoms with Gasteiger partial charge >= 0.3 is 12.0 Å². The zero-order valence-corrected chi connectivity index (χ0v) is 17.8. The largest absolute Gasteiger partial charge is 0.493 e. The number of nitrogens with zero attached hydrogens (tertiary/aromatic N) is 1. The molecule has 164 valence electrons. The van der Waals surface area contributed by atoms with Crippen LogP contribution >= 0.6 is 11.6 Å². The van der Waals surface area contributed by atoms with Crippen LogP contribution < -0.4 is 20.2 Å². The van der Waals surface area contributed by atoms with Gasteiger partial charge in [-0.2, -0.15) is 5.10 Å². The summed E-state index contributed by atoms with van der Waals surface area (Å²) in [4.78, 5) is 23.0. The zero-order valence-electron chi connectivity index (χ0n) is 17.0. The first kappa shape index (κ1) is 22.6. The lowest BCUT2D eigenvalue weighted by molar-refractivity contribution is 0.0697. The van der Waals surface area contributed by atoms with E-state index in [1.807, 2.05) is 0 Å². The molecule has 0 aliphatic rings. The summed E-state index contributed by atoms with van der Waals surface area (Å²) in [6, 6.07) is 17.9. The van der Waals surface area contributed by atoms with Gasteiger partial charge in [-0.1, -0.05) is 41.9 Å². The van der Waals surface area contributed by atoms with Gasteiger partial charge < -0.3 is 19.9 Å². The van der Waals surface area contributed by atoms with Crippen molar-refractivity contribution >= 4 is 35.5 Å². The van der Waals surface area contributed by atoms with Gasteiger partial charge in [-0.25, -0.2) is 15.0 Å². The lowest BCUT2D eigenvalue weighted by Crippen LogP contribution is -2.24. The van der Waals surface area contributed by atoms with Crippen LogP contribution in [0.2, 0.25) is 5.02 Å². The number of amides is 2. The third-order valence-electron chi connectivity index (χ3n) is 4.31. The lowest BCUT2D eigenvalue weighted by atomic mass is 10.1. The molecule has 0 unspecified atom stereocenters. The van der Waals surface area contributed by atoms with E-state index in [1.54, 1.807) is 54.6 Å². The number of ether oxygens (including phenoxy) is 2. The molecule has 0 radical (unpaired) electrons.